The molecule has 1 rings (SSSR count). The average molecular weight is 270 g/mol. The van der Waals surface area contributed by atoms with E-state index in [-0.39, 0.29) is 5.91 Å². The molecule has 0 fully saturated rings. The summed E-state index contributed by atoms with van der Waals surface area (Å²) in [7, 11) is 0. The van der Waals surface area contributed by atoms with E-state index in [1.807, 2.05) is 5.38 Å². The molecule has 1 atom stereocenters. The minimum atomic E-state index is -0.323. The summed E-state index contributed by atoms with van der Waals surface area (Å²) in [5, 5.41) is 2.34. The van der Waals surface area contributed by atoms with Crippen LogP contribution in [0.25, 0.3) is 0 Å². The summed E-state index contributed by atoms with van der Waals surface area (Å²) < 4.78 is 0. The number of nitrogen functional groups attached to an aromatic ring is 1. The van der Waals surface area contributed by atoms with Crippen molar-refractivity contribution >= 4 is 17.2 Å². The molecule has 0 spiro atoms. The molecule has 0 saturated heterocycles. The van der Waals surface area contributed by atoms with E-state index in [1.54, 1.807) is 0 Å². The second-order valence-electron chi connectivity index (χ2n) is 4.46. The largest absolute Gasteiger partial charge is 0.297 e. The molecule has 1 unspecified atom stereocenters. The van der Waals surface area contributed by atoms with Gasteiger partial charge in [0.15, 0.2) is 5.01 Å². The highest BCUT2D eigenvalue weighted by molar-refractivity contribution is 7.11. The van der Waals surface area contributed by atoms with Crippen LogP contribution in [0.1, 0.15) is 42.7 Å². The highest BCUT2D eigenvalue weighted by Gasteiger charge is 2.13. The van der Waals surface area contributed by atoms with E-state index in [0.29, 0.717) is 10.9 Å². The van der Waals surface area contributed by atoms with Crippen LogP contribution in [0.4, 0.5) is 0 Å². The predicted molar refractivity (Wildman–Crippen MR) is 74.2 cm³/mol. The van der Waals surface area contributed by atoms with Crippen LogP contribution in [-0.4, -0.2) is 28.9 Å². The van der Waals surface area contributed by atoms with Crippen LogP contribution in [0.15, 0.2) is 5.38 Å². The quantitative estimate of drug-likeness (QED) is 0.448. The van der Waals surface area contributed by atoms with Crippen molar-refractivity contribution in [3.05, 3.63) is 16.1 Å². The molecular weight excluding hydrogens is 248 g/mol. The van der Waals surface area contributed by atoms with Crippen LogP contribution in [0, 0.1) is 5.92 Å². The van der Waals surface area contributed by atoms with Gasteiger partial charge in [-0.1, -0.05) is 27.2 Å². The Labute approximate surface area is 112 Å². The zero-order chi connectivity index (χ0) is 13.5. The lowest BCUT2D eigenvalue weighted by Crippen LogP contribution is -2.30. The van der Waals surface area contributed by atoms with Gasteiger partial charge in [0.05, 0.1) is 5.69 Å². The van der Waals surface area contributed by atoms with Gasteiger partial charge in [-0.15, -0.1) is 11.3 Å². The lowest BCUT2D eigenvalue weighted by Gasteiger charge is -2.22. The third-order valence-electron chi connectivity index (χ3n) is 2.98. The number of amides is 1. The molecule has 102 valence electrons. The molecule has 5 nitrogen and oxygen atoms in total. The van der Waals surface area contributed by atoms with E-state index < -0.39 is 0 Å². The van der Waals surface area contributed by atoms with Crippen molar-refractivity contribution in [2.75, 3.05) is 13.1 Å². The average Bonchev–Trinajstić information content (AvgIpc) is 2.85. The SMILES string of the molecule is CCC(C)CN(CC)Cc1csc(C(=O)NN)n1. The Morgan fingerprint density at radius 1 is 1.61 bits per heavy atom. The lowest BCUT2D eigenvalue weighted by atomic mass is 10.1. The van der Waals surface area contributed by atoms with E-state index in [9.17, 15) is 4.79 Å². The number of thiazole rings is 1. The molecule has 0 bridgehead atoms. The Morgan fingerprint density at radius 3 is 2.89 bits per heavy atom. The summed E-state index contributed by atoms with van der Waals surface area (Å²) >= 11 is 1.33. The van der Waals surface area contributed by atoms with E-state index in [4.69, 9.17) is 5.84 Å². The van der Waals surface area contributed by atoms with Crippen molar-refractivity contribution < 1.29 is 4.79 Å². The number of carbonyl (C=O) groups excluding carboxylic acids is 1. The van der Waals surface area contributed by atoms with E-state index in [0.717, 1.165) is 25.3 Å². The molecule has 1 heterocycles. The number of hydrogen-bond donors (Lipinski definition) is 2. The van der Waals surface area contributed by atoms with Crippen LogP contribution >= 0.6 is 11.3 Å². The standard InChI is InChI=1S/C12H22N4OS/c1-4-9(3)6-16(5-2)7-10-8-18-12(14-10)11(17)15-13/h8-9H,4-7,13H2,1-3H3,(H,15,17). The number of nitrogens with zero attached hydrogens (tertiary/aromatic N) is 2. The summed E-state index contributed by atoms with van der Waals surface area (Å²) in [6.07, 6.45) is 1.17. The number of nitrogens with one attached hydrogen (secondary N) is 1. The Balaban J connectivity index is 2.59. The summed E-state index contributed by atoms with van der Waals surface area (Å²) in [5.41, 5.74) is 3.03. The highest BCUT2D eigenvalue weighted by atomic mass is 32.1. The topological polar surface area (TPSA) is 71.2 Å². The molecule has 0 saturated carbocycles. The van der Waals surface area contributed by atoms with Gasteiger partial charge in [-0.2, -0.15) is 0 Å². The molecule has 1 aromatic heterocycles. The monoisotopic (exact) mass is 270 g/mol. The van der Waals surface area contributed by atoms with Crippen LogP contribution in [0.3, 0.4) is 0 Å². The van der Waals surface area contributed by atoms with Gasteiger partial charge >= 0.3 is 0 Å². The zero-order valence-electron chi connectivity index (χ0n) is 11.3. The molecule has 0 aliphatic carbocycles. The van der Waals surface area contributed by atoms with Crippen LogP contribution < -0.4 is 11.3 Å². The third-order valence-corrected chi connectivity index (χ3v) is 3.87. The van der Waals surface area contributed by atoms with Gasteiger partial charge < -0.3 is 0 Å². The molecule has 18 heavy (non-hydrogen) atoms. The molecule has 0 aliphatic rings. The van der Waals surface area contributed by atoms with E-state index in [1.165, 1.54) is 17.8 Å². The number of rotatable bonds is 7. The molecule has 0 aliphatic heterocycles. The Hall–Kier alpha value is -0.980. The summed E-state index contributed by atoms with van der Waals surface area (Å²) in [6, 6.07) is 0. The zero-order valence-corrected chi connectivity index (χ0v) is 12.1. The predicted octanol–water partition coefficient (Wildman–Crippen LogP) is 1.61. The van der Waals surface area contributed by atoms with Crippen molar-refractivity contribution in [3.8, 4) is 0 Å². The van der Waals surface area contributed by atoms with Gasteiger partial charge in [-0.25, -0.2) is 10.8 Å². The molecule has 0 aromatic carbocycles. The second kappa shape index (κ2) is 7.45. The fraction of sp³-hybridized carbons (Fsp3) is 0.667. The first-order valence-electron chi connectivity index (χ1n) is 6.28. The number of nitrogens with two attached hydrogens (primary N) is 1. The molecule has 0 radical (unpaired) electrons. The molecule has 1 amide bonds. The van der Waals surface area contributed by atoms with Gasteiger partial charge in [0.25, 0.3) is 5.91 Å². The molecule has 3 N–H and O–H groups in total. The molecular formula is C12H22N4OS. The summed E-state index contributed by atoms with van der Waals surface area (Å²) in [4.78, 5) is 17.9. The van der Waals surface area contributed by atoms with Crippen molar-refractivity contribution in [3.63, 3.8) is 0 Å². The maximum atomic E-state index is 11.3. The fourth-order valence-electron chi connectivity index (χ4n) is 1.65. The smallest absolute Gasteiger partial charge is 0.294 e. The molecule has 6 heteroatoms. The van der Waals surface area contributed by atoms with Crippen molar-refractivity contribution in [1.29, 1.82) is 0 Å². The van der Waals surface area contributed by atoms with Gasteiger partial charge in [0, 0.05) is 18.5 Å². The van der Waals surface area contributed by atoms with Crippen LogP contribution in [-0.2, 0) is 6.54 Å². The van der Waals surface area contributed by atoms with Gasteiger partial charge in [0.2, 0.25) is 0 Å². The van der Waals surface area contributed by atoms with Crippen molar-refractivity contribution in [1.82, 2.24) is 15.3 Å². The summed E-state index contributed by atoms with van der Waals surface area (Å²) in [5.74, 6) is 5.43. The lowest BCUT2D eigenvalue weighted by molar-refractivity contribution is 0.0953. The van der Waals surface area contributed by atoms with E-state index in [2.05, 4.69) is 36.1 Å². The number of hydrazine groups is 1. The van der Waals surface area contributed by atoms with Crippen LogP contribution in [0.5, 0.6) is 0 Å². The van der Waals surface area contributed by atoms with Gasteiger partial charge in [0.1, 0.15) is 0 Å². The second-order valence-corrected chi connectivity index (χ2v) is 5.32. The minimum Gasteiger partial charge on any atom is -0.297 e. The Morgan fingerprint density at radius 2 is 2.33 bits per heavy atom. The number of hydrogen-bond acceptors (Lipinski definition) is 5. The Kier molecular flexibility index (Phi) is 6.24. The highest BCUT2D eigenvalue weighted by Crippen LogP contribution is 2.13. The third kappa shape index (κ3) is 4.36. The normalized spacial score (nSPS) is 12.7. The van der Waals surface area contributed by atoms with Crippen molar-refractivity contribution in [2.24, 2.45) is 11.8 Å². The van der Waals surface area contributed by atoms with E-state index >= 15 is 0 Å². The Bertz CT molecular complexity index is 380. The number of carbonyl (C=O) groups is 1. The van der Waals surface area contributed by atoms with Gasteiger partial charge in [-0.05, 0) is 12.5 Å². The minimum absolute atomic E-state index is 0.323. The van der Waals surface area contributed by atoms with Gasteiger partial charge in [-0.3, -0.25) is 15.1 Å². The van der Waals surface area contributed by atoms with Crippen LogP contribution in [0.2, 0.25) is 0 Å². The fourth-order valence-corrected chi connectivity index (χ4v) is 2.36. The molecule has 1 aromatic rings. The maximum absolute atomic E-state index is 11.3. The number of aromatic nitrogens is 1. The first-order chi connectivity index (χ1) is 8.60. The van der Waals surface area contributed by atoms with Crippen molar-refractivity contribution in [2.45, 2.75) is 33.7 Å². The first kappa shape index (κ1) is 15.1. The first-order valence-corrected chi connectivity index (χ1v) is 7.16. The summed E-state index contributed by atoms with van der Waals surface area (Å²) in [6.45, 7) is 9.42. The maximum Gasteiger partial charge on any atom is 0.294 e.